The highest BCUT2D eigenvalue weighted by molar-refractivity contribution is 5.93. The van der Waals surface area contributed by atoms with E-state index in [1.165, 1.54) is 13.2 Å². The fourth-order valence-electron chi connectivity index (χ4n) is 1.98. The first kappa shape index (κ1) is 14.0. The van der Waals surface area contributed by atoms with Gasteiger partial charge >= 0.3 is 5.97 Å². The molecule has 0 saturated carbocycles. The molecule has 3 rings (SSSR count). The number of halogens is 1. The molecule has 0 spiro atoms. The summed E-state index contributed by atoms with van der Waals surface area (Å²) in [6.07, 6.45) is 0. The van der Waals surface area contributed by atoms with Crippen molar-refractivity contribution in [2.45, 2.75) is 6.61 Å². The number of aromatic nitrogens is 3. The van der Waals surface area contributed by atoms with E-state index in [9.17, 15) is 9.18 Å². The van der Waals surface area contributed by atoms with Gasteiger partial charge in [0.1, 0.15) is 23.5 Å². The SMILES string of the molecule is COC(=O)c1ccc2nnn(OCc3ccccc3F)c2c1. The minimum atomic E-state index is -0.469. The summed E-state index contributed by atoms with van der Waals surface area (Å²) in [7, 11) is 1.30. The fourth-order valence-corrected chi connectivity index (χ4v) is 1.98. The van der Waals surface area contributed by atoms with Gasteiger partial charge in [0, 0.05) is 5.56 Å². The van der Waals surface area contributed by atoms with Crippen LogP contribution in [0.2, 0.25) is 0 Å². The molecule has 0 atom stereocenters. The minimum absolute atomic E-state index is 0.00636. The lowest BCUT2D eigenvalue weighted by atomic mass is 10.2. The molecular weight excluding hydrogens is 289 g/mol. The number of carbonyl (C=O) groups excluding carboxylic acids is 1. The molecule has 0 aliphatic carbocycles. The van der Waals surface area contributed by atoms with Crippen molar-refractivity contribution in [2.75, 3.05) is 7.11 Å². The first-order chi connectivity index (χ1) is 10.7. The Balaban J connectivity index is 1.87. The van der Waals surface area contributed by atoms with E-state index >= 15 is 0 Å². The van der Waals surface area contributed by atoms with Crippen molar-refractivity contribution < 1.29 is 18.8 Å². The van der Waals surface area contributed by atoms with E-state index in [1.54, 1.807) is 36.4 Å². The average Bonchev–Trinajstić information content (AvgIpc) is 2.95. The van der Waals surface area contributed by atoms with E-state index < -0.39 is 5.97 Å². The maximum Gasteiger partial charge on any atom is 0.337 e. The smallest absolute Gasteiger partial charge is 0.337 e. The van der Waals surface area contributed by atoms with Crippen LogP contribution in [0.5, 0.6) is 0 Å². The van der Waals surface area contributed by atoms with Gasteiger partial charge in [-0.25, -0.2) is 9.18 Å². The summed E-state index contributed by atoms with van der Waals surface area (Å²) >= 11 is 0. The molecule has 0 amide bonds. The summed E-state index contributed by atoms with van der Waals surface area (Å²) in [5.74, 6) is -0.828. The predicted molar refractivity (Wildman–Crippen MR) is 75.6 cm³/mol. The molecule has 0 fully saturated rings. The number of esters is 1. The second-order valence-electron chi connectivity index (χ2n) is 4.52. The topological polar surface area (TPSA) is 66.2 Å². The molecule has 2 aromatic carbocycles. The molecule has 0 bridgehead atoms. The van der Waals surface area contributed by atoms with Gasteiger partial charge < -0.3 is 9.57 Å². The summed E-state index contributed by atoms with van der Waals surface area (Å²) in [6, 6.07) is 11.1. The lowest BCUT2D eigenvalue weighted by Gasteiger charge is -2.06. The van der Waals surface area contributed by atoms with Crippen LogP contribution in [0.1, 0.15) is 15.9 Å². The Hall–Kier alpha value is -2.96. The highest BCUT2D eigenvalue weighted by Crippen LogP contribution is 2.14. The Kier molecular flexibility index (Phi) is 3.69. The second-order valence-corrected chi connectivity index (χ2v) is 4.52. The second kappa shape index (κ2) is 5.80. The van der Waals surface area contributed by atoms with E-state index in [0.717, 1.165) is 4.85 Å². The van der Waals surface area contributed by atoms with Crippen LogP contribution in [0.25, 0.3) is 11.0 Å². The molecule has 6 nitrogen and oxygen atoms in total. The van der Waals surface area contributed by atoms with Crippen LogP contribution in [-0.2, 0) is 11.3 Å². The number of nitrogens with zero attached hydrogens (tertiary/aromatic N) is 3. The molecule has 7 heteroatoms. The zero-order valence-electron chi connectivity index (χ0n) is 11.7. The summed E-state index contributed by atoms with van der Waals surface area (Å²) < 4.78 is 18.2. The Morgan fingerprint density at radius 2 is 2.09 bits per heavy atom. The largest absolute Gasteiger partial charge is 0.465 e. The van der Waals surface area contributed by atoms with Gasteiger partial charge in [0.15, 0.2) is 0 Å². The van der Waals surface area contributed by atoms with Crippen molar-refractivity contribution in [1.82, 2.24) is 15.2 Å². The molecule has 0 N–H and O–H groups in total. The Morgan fingerprint density at radius 3 is 2.86 bits per heavy atom. The number of hydrogen-bond donors (Lipinski definition) is 0. The zero-order valence-corrected chi connectivity index (χ0v) is 11.7. The highest BCUT2D eigenvalue weighted by Gasteiger charge is 2.12. The van der Waals surface area contributed by atoms with E-state index in [1.807, 2.05) is 0 Å². The van der Waals surface area contributed by atoms with E-state index in [-0.39, 0.29) is 12.4 Å². The summed E-state index contributed by atoms with van der Waals surface area (Å²) in [4.78, 5) is 18.2. The first-order valence-electron chi connectivity index (χ1n) is 6.49. The molecule has 1 aromatic heterocycles. The van der Waals surface area contributed by atoms with Crippen molar-refractivity contribution >= 4 is 17.0 Å². The molecular formula is C15H12FN3O3. The van der Waals surface area contributed by atoms with Crippen molar-refractivity contribution in [3.8, 4) is 0 Å². The summed E-state index contributed by atoms with van der Waals surface area (Å²) in [5.41, 5.74) is 1.81. The highest BCUT2D eigenvalue weighted by atomic mass is 19.1. The minimum Gasteiger partial charge on any atom is -0.465 e. The van der Waals surface area contributed by atoms with Crippen LogP contribution in [-0.4, -0.2) is 28.2 Å². The molecule has 0 unspecified atom stereocenters. The number of rotatable bonds is 4. The summed E-state index contributed by atoms with van der Waals surface area (Å²) in [5, 5.41) is 7.76. The van der Waals surface area contributed by atoms with Crippen molar-refractivity contribution in [1.29, 1.82) is 0 Å². The number of methoxy groups -OCH3 is 1. The molecule has 22 heavy (non-hydrogen) atoms. The standard InChI is InChI=1S/C15H12FN3O3/c1-21-15(20)10-6-7-13-14(8-10)19(18-17-13)22-9-11-4-2-3-5-12(11)16/h2-8H,9H2,1H3. The molecule has 0 aliphatic rings. The van der Waals surface area contributed by atoms with Crippen LogP contribution >= 0.6 is 0 Å². The maximum absolute atomic E-state index is 13.6. The van der Waals surface area contributed by atoms with Gasteiger partial charge in [0.25, 0.3) is 0 Å². The van der Waals surface area contributed by atoms with Gasteiger partial charge in [-0.05, 0) is 29.5 Å². The van der Waals surface area contributed by atoms with Gasteiger partial charge in [-0.2, -0.15) is 0 Å². The summed E-state index contributed by atoms with van der Waals surface area (Å²) in [6.45, 7) is -0.00636. The normalized spacial score (nSPS) is 10.6. The number of hydrogen-bond acceptors (Lipinski definition) is 5. The molecule has 0 radical (unpaired) electrons. The Bertz CT molecular complexity index is 832. The lowest BCUT2D eigenvalue weighted by Crippen LogP contribution is -2.14. The average molecular weight is 301 g/mol. The van der Waals surface area contributed by atoms with Gasteiger partial charge in [-0.15, -0.1) is 5.10 Å². The molecule has 1 heterocycles. The quantitative estimate of drug-likeness (QED) is 0.689. The zero-order chi connectivity index (χ0) is 15.5. The molecule has 0 aliphatic heterocycles. The molecule has 0 saturated heterocycles. The van der Waals surface area contributed by atoms with Crippen LogP contribution < -0.4 is 4.84 Å². The molecule has 112 valence electrons. The maximum atomic E-state index is 13.6. The lowest BCUT2D eigenvalue weighted by molar-refractivity contribution is 0.0600. The first-order valence-corrected chi connectivity index (χ1v) is 6.49. The third-order valence-corrected chi connectivity index (χ3v) is 3.14. The number of carbonyl (C=O) groups is 1. The number of fused-ring (bicyclic) bond motifs is 1. The Labute approximate surface area is 125 Å². The van der Waals surface area contributed by atoms with Gasteiger partial charge in [-0.3, -0.25) is 0 Å². The van der Waals surface area contributed by atoms with Crippen LogP contribution in [0.4, 0.5) is 4.39 Å². The van der Waals surface area contributed by atoms with Crippen molar-refractivity contribution in [3.63, 3.8) is 0 Å². The number of benzene rings is 2. The van der Waals surface area contributed by atoms with Crippen molar-refractivity contribution in [2.24, 2.45) is 0 Å². The monoisotopic (exact) mass is 301 g/mol. The van der Waals surface area contributed by atoms with E-state index in [0.29, 0.717) is 22.2 Å². The van der Waals surface area contributed by atoms with Crippen molar-refractivity contribution in [3.05, 3.63) is 59.4 Å². The Morgan fingerprint density at radius 1 is 1.27 bits per heavy atom. The third kappa shape index (κ3) is 2.60. The van der Waals surface area contributed by atoms with Gasteiger partial charge in [0.05, 0.1) is 12.7 Å². The predicted octanol–water partition coefficient (Wildman–Crippen LogP) is 1.99. The van der Waals surface area contributed by atoms with E-state index in [4.69, 9.17) is 4.84 Å². The van der Waals surface area contributed by atoms with Crippen LogP contribution in [0.15, 0.2) is 42.5 Å². The fraction of sp³-hybridized carbons (Fsp3) is 0.133. The van der Waals surface area contributed by atoms with Gasteiger partial charge in [0.2, 0.25) is 0 Å². The van der Waals surface area contributed by atoms with Gasteiger partial charge in [-0.1, -0.05) is 23.0 Å². The van der Waals surface area contributed by atoms with Crippen LogP contribution in [0, 0.1) is 5.82 Å². The molecule has 3 aromatic rings. The van der Waals surface area contributed by atoms with Crippen LogP contribution in [0.3, 0.4) is 0 Å². The number of ether oxygens (including phenoxy) is 1. The van der Waals surface area contributed by atoms with E-state index in [2.05, 4.69) is 15.0 Å². The third-order valence-electron chi connectivity index (χ3n) is 3.14.